The van der Waals surface area contributed by atoms with Crippen LogP contribution in [-0.4, -0.2) is 58.8 Å². The lowest BCUT2D eigenvalue weighted by Crippen LogP contribution is -2.50. The molecular formula is C33H61NO6. The van der Waals surface area contributed by atoms with Gasteiger partial charge in [0.25, 0.3) is 0 Å². The van der Waals surface area contributed by atoms with Crippen molar-refractivity contribution in [3.8, 4) is 0 Å². The normalized spacial score (nSPS) is 11.8. The van der Waals surface area contributed by atoms with Gasteiger partial charge in [0.05, 0.1) is 39.0 Å². The van der Waals surface area contributed by atoms with E-state index >= 15 is 0 Å². The van der Waals surface area contributed by atoms with E-state index in [4.69, 9.17) is 10.2 Å². The molecule has 0 atom stereocenters. The van der Waals surface area contributed by atoms with Crippen molar-refractivity contribution in [1.82, 2.24) is 0 Å². The minimum Gasteiger partial charge on any atom is -0.550 e. The fraction of sp³-hybridized carbons (Fsp3) is 0.848. The summed E-state index contributed by atoms with van der Waals surface area (Å²) in [4.78, 5) is 33.0. The Hall–Kier alpha value is -1.89. The summed E-state index contributed by atoms with van der Waals surface area (Å²) in [6.45, 7) is 4.72. The standard InChI is InChI=1S/C33H61NO6/c1-2-3-4-5-6-7-8-9-10-11-12-13-14-15-16-17-18-19-20-27-34(28-21-24-31(35)36,29-22-25-32(37)38)30-23-26-33(39)40/h19-20H,2-18,21-30H2,1H3,(H2-,35,36,37,38,39,40)/b20-19+. The molecule has 7 heteroatoms. The first-order valence-corrected chi connectivity index (χ1v) is 16.4. The van der Waals surface area contributed by atoms with Crippen LogP contribution >= 0.6 is 0 Å². The Bertz CT molecular complexity index is 613. The molecule has 0 saturated heterocycles. The van der Waals surface area contributed by atoms with Crippen molar-refractivity contribution in [1.29, 1.82) is 0 Å². The van der Waals surface area contributed by atoms with Gasteiger partial charge in [-0.2, -0.15) is 0 Å². The fourth-order valence-corrected chi connectivity index (χ4v) is 5.53. The Kier molecular flexibility index (Phi) is 26.0. The van der Waals surface area contributed by atoms with E-state index in [-0.39, 0.29) is 19.3 Å². The van der Waals surface area contributed by atoms with Crippen molar-refractivity contribution in [2.75, 3.05) is 26.2 Å². The molecule has 0 aromatic heterocycles. The monoisotopic (exact) mass is 567 g/mol. The third kappa shape index (κ3) is 26.3. The summed E-state index contributed by atoms with van der Waals surface area (Å²) < 4.78 is 0.531. The molecule has 0 aromatic carbocycles. The Morgan fingerprint density at radius 3 is 1.30 bits per heavy atom. The molecule has 0 fully saturated rings. The summed E-state index contributed by atoms with van der Waals surface area (Å²) in [5.41, 5.74) is 0. The summed E-state index contributed by atoms with van der Waals surface area (Å²) in [5.74, 6) is -2.79. The lowest BCUT2D eigenvalue weighted by Gasteiger charge is -2.38. The van der Waals surface area contributed by atoms with Crippen LogP contribution in [0.15, 0.2) is 12.2 Å². The van der Waals surface area contributed by atoms with Crippen molar-refractivity contribution in [2.24, 2.45) is 0 Å². The summed E-state index contributed by atoms with van der Waals surface area (Å²) in [6.07, 6.45) is 28.4. The van der Waals surface area contributed by atoms with Crippen LogP contribution < -0.4 is 5.11 Å². The molecule has 0 aromatic rings. The van der Waals surface area contributed by atoms with Crippen LogP contribution in [0.25, 0.3) is 0 Å². The van der Waals surface area contributed by atoms with Gasteiger partial charge in [0.2, 0.25) is 0 Å². The third-order valence-corrected chi connectivity index (χ3v) is 7.94. The van der Waals surface area contributed by atoms with E-state index in [0.29, 0.717) is 49.9 Å². The van der Waals surface area contributed by atoms with Gasteiger partial charge in [-0.3, -0.25) is 9.59 Å². The molecule has 0 amide bonds. The summed E-state index contributed by atoms with van der Waals surface area (Å²) in [5, 5.41) is 29.1. The third-order valence-electron chi connectivity index (χ3n) is 7.94. The lowest BCUT2D eigenvalue weighted by atomic mass is 10.0. The van der Waals surface area contributed by atoms with Crippen molar-refractivity contribution < 1.29 is 34.2 Å². The number of carboxylic acid groups (broad SMARTS) is 3. The van der Waals surface area contributed by atoms with Crippen LogP contribution in [0.5, 0.6) is 0 Å². The Labute approximate surface area is 245 Å². The molecule has 234 valence electrons. The van der Waals surface area contributed by atoms with Crippen molar-refractivity contribution >= 4 is 17.9 Å². The zero-order chi connectivity index (χ0) is 29.7. The van der Waals surface area contributed by atoms with Crippen LogP contribution in [0.3, 0.4) is 0 Å². The lowest BCUT2D eigenvalue weighted by molar-refractivity contribution is -0.923. The topological polar surface area (TPSA) is 115 Å². The predicted octanol–water partition coefficient (Wildman–Crippen LogP) is 7.27. The molecule has 7 nitrogen and oxygen atoms in total. The molecule has 0 aliphatic carbocycles. The van der Waals surface area contributed by atoms with Crippen LogP contribution in [0.1, 0.15) is 155 Å². The number of hydrogen-bond donors (Lipinski definition) is 2. The second-order valence-electron chi connectivity index (χ2n) is 11.7. The number of quaternary nitrogens is 1. The zero-order valence-corrected chi connectivity index (χ0v) is 25.7. The highest BCUT2D eigenvalue weighted by molar-refractivity contribution is 5.66. The molecule has 40 heavy (non-hydrogen) atoms. The molecule has 0 aliphatic heterocycles. The average molecular weight is 568 g/mol. The van der Waals surface area contributed by atoms with Gasteiger partial charge in [0, 0.05) is 25.2 Å². The highest BCUT2D eigenvalue weighted by Gasteiger charge is 2.26. The van der Waals surface area contributed by atoms with E-state index in [9.17, 15) is 19.5 Å². The molecule has 0 rings (SSSR count). The number of hydrogen-bond acceptors (Lipinski definition) is 4. The van der Waals surface area contributed by atoms with E-state index in [2.05, 4.69) is 19.1 Å². The van der Waals surface area contributed by atoms with Crippen LogP contribution in [-0.2, 0) is 14.4 Å². The molecule has 0 spiro atoms. The van der Waals surface area contributed by atoms with Crippen molar-refractivity contribution in [3.63, 3.8) is 0 Å². The summed E-state index contributed by atoms with van der Waals surface area (Å²) >= 11 is 0. The molecular weight excluding hydrogens is 506 g/mol. The first kappa shape index (κ1) is 38.1. The van der Waals surface area contributed by atoms with Crippen LogP contribution in [0.4, 0.5) is 0 Å². The number of aliphatic carboxylic acids is 3. The minimum absolute atomic E-state index is 0.0409. The second-order valence-corrected chi connectivity index (χ2v) is 11.7. The molecule has 0 unspecified atom stereocenters. The van der Waals surface area contributed by atoms with Crippen molar-refractivity contribution in [3.05, 3.63) is 12.2 Å². The Morgan fingerprint density at radius 2 is 0.925 bits per heavy atom. The van der Waals surface area contributed by atoms with E-state index in [1.54, 1.807) is 0 Å². The second kappa shape index (κ2) is 27.3. The maximum atomic E-state index is 11.0. The van der Waals surface area contributed by atoms with E-state index in [1.165, 1.54) is 96.3 Å². The van der Waals surface area contributed by atoms with Crippen LogP contribution in [0.2, 0.25) is 0 Å². The Morgan fingerprint density at radius 1 is 0.550 bits per heavy atom. The van der Waals surface area contributed by atoms with Gasteiger partial charge in [0.1, 0.15) is 0 Å². The molecule has 0 aliphatic rings. The number of rotatable bonds is 31. The zero-order valence-electron chi connectivity index (χ0n) is 25.7. The average Bonchev–Trinajstić information content (AvgIpc) is 2.89. The van der Waals surface area contributed by atoms with Gasteiger partial charge >= 0.3 is 11.9 Å². The van der Waals surface area contributed by atoms with Gasteiger partial charge < -0.3 is 24.6 Å². The number of carbonyl (C=O) groups is 3. The quantitative estimate of drug-likeness (QED) is 0.0517. The summed E-state index contributed by atoms with van der Waals surface area (Å²) in [6, 6.07) is 0. The van der Waals surface area contributed by atoms with E-state index < -0.39 is 17.9 Å². The number of carbonyl (C=O) groups excluding carboxylic acids is 1. The first-order chi connectivity index (χ1) is 19.3. The molecule has 0 bridgehead atoms. The SMILES string of the molecule is CCCCCCCCCCCCCCCCCC/C=C/C[N+](CCCC(=O)[O-])(CCCC(=O)O)CCCC(=O)O. The summed E-state index contributed by atoms with van der Waals surface area (Å²) in [7, 11) is 0. The predicted molar refractivity (Wildman–Crippen MR) is 161 cm³/mol. The van der Waals surface area contributed by atoms with Gasteiger partial charge in [-0.15, -0.1) is 0 Å². The van der Waals surface area contributed by atoms with Gasteiger partial charge in [-0.25, -0.2) is 0 Å². The van der Waals surface area contributed by atoms with E-state index in [0.717, 1.165) is 12.8 Å². The van der Waals surface area contributed by atoms with Crippen LogP contribution in [0, 0.1) is 0 Å². The smallest absolute Gasteiger partial charge is 0.303 e. The highest BCUT2D eigenvalue weighted by Crippen LogP contribution is 2.17. The highest BCUT2D eigenvalue weighted by atomic mass is 16.4. The molecule has 2 N–H and O–H groups in total. The largest absolute Gasteiger partial charge is 0.550 e. The fourth-order valence-electron chi connectivity index (χ4n) is 5.53. The van der Waals surface area contributed by atoms with Crippen molar-refractivity contribution in [2.45, 2.75) is 155 Å². The van der Waals surface area contributed by atoms with E-state index in [1.807, 2.05) is 0 Å². The van der Waals surface area contributed by atoms with Gasteiger partial charge in [-0.1, -0.05) is 109 Å². The maximum Gasteiger partial charge on any atom is 0.303 e. The minimum atomic E-state index is -1.09. The molecule has 0 heterocycles. The number of unbranched alkanes of at least 4 members (excludes halogenated alkanes) is 16. The molecule has 0 radical (unpaired) electrons. The molecule has 0 saturated carbocycles. The maximum absolute atomic E-state index is 11.0. The number of nitrogens with zero attached hydrogens (tertiary/aromatic N) is 1. The number of carboxylic acids is 3. The van der Waals surface area contributed by atoms with Gasteiger partial charge in [0.15, 0.2) is 0 Å². The van der Waals surface area contributed by atoms with Gasteiger partial charge in [-0.05, 0) is 25.3 Å². The number of allylic oxidation sites excluding steroid dienone is 1. The first-order valence-electron chi connectivity index (χ1n) is 16.4. The Balaban J connectivity index is 4.19.